The van der Waals surface area contributed by atoms with Gasteiger partial charge in [0, 0.05) is 26.2 Å². The number of rotatable bonds is 6. The fraction of sp³-hybridized carbons (Fsp3) is 0.533. The highest BCUT2D eigenvalue weighted by Crippen LogP contribution is 2.14. The molecule has 2 rings (SSSR count). The van der Waals surface area contributed by atoms with Crippen LogP contribution in [0.5, 0.6) is 0 Å². The molecule has 1 N–H and O–H groups in total. The Morgan fingerprint density at radius 2 is 2.30 bits per heavy atom. The second-order valence-corrected chi connectivity index (χ2v) is 4.85. The van der Waals surface area contributed by atoms with Crippen molar-refractivity contribution < 1.29 is 19.4 Å². The van der Waals surface area contributed by atoms with Gasteiger partial charge >= 0.3 is 5.97 Å². The molecule has 5 nitrogen and oxygen atoms in total. The number of aromatic carboxylic acids is 1. The molecule has 0 aliphatic carbocycles. The summed E-state index contributed by atoms with van der Waals surface area (Å²) < 4.78 is 11.0. The first kappa shape index (κ1) is 15.0. The Balaban J connectivity index is 1.97. The van der Waals surface area contributed by atoms with Crippen LogP contribution in [0.15, 0.2) is 24.3 Å². The number of carbonyl (C=O) groups is 1. The van der Waals surface area contributed by atoms with Crippen molar-refractivity contribution in [2.45, 2.75) is 19.6 Å². The molecule has 0 spiro atoms. The van der Waals surface area contributed by atoms with Crippen molar-refractivity contribution in [1.82, 2.24) is 4.90 Å². The maximum atomic E-state index is 11.2. The van der Waals surface area contributed by atoms with Gasteiger partial charge in [-0.2, -0.15) is 0 Å². The molecule has 0 bridgehead atoms. The summed E-state index contributed by atoms with van der Waals surface area (Å²) in [6.07, 6.45) is 0.0701. The van der Waals surface area contributed by atoms with E-state index in [1.54, 1.807) is 12.1 Å². The quantitative estimate of drug-likeness (QED) is 0.857. The van der Waals surface area contributed by atoms with Gasteiger partial charge in [0.15, 0.2) is 0 Å². The van der Waals surface area contributed by atoms with Crippen LogP contribution in [-0.2, 0) is 16.0 Å². The molecule has 20 heavy (non-hydrogen) atoms. The van der Waals surface area contributed by atoms with Crippen LogP contribution in [0.25, 0.3) is 0 Å². The Labute approximate surface area is 119 Å². The van der Waals surface area contributed by atoms with Crippen LogP contribution in [-0.4, -0.2) is 55.0 Å². The first-order chi connectivity index (χ1) is 9.70. The maximum Gasteiger partial charge on any atom is 0.336 e. The summed E-state index contributed by atoms with van der Waals surface area (Å²) in [4.78, 5) is 13.4. The van der Waals surface area contributed by atoms with Crippen LogP contribution in [0.3, 0.4) is 0 Å². The van der Waals surface area contributed by atoms with Gasteiger partial charge in [0.1, 0.15) is 0 Å². The lowest BCUT2D eigenvalue weighted by atomic mass is 10.1. The number of benzene rings is 1. The summed E-state index contributed by atoms with van der Waals surface area (Å²) in [7, 11) is 0. The first-order valence-electron chi connectivity index (χ1n) is 6.93. The summed E-state index contributed by atoms with van der Waals surface area (Å²) in [5, 5.41) is 9.20. The van der Waals surface area contributed by atoms with Crippen molar-refractivity contribution in [3.05, 3.63) is 35.4 Å². The van der Waals surface area contributed by atoms with Gasteiger partial charge in [0.25, 0.3) is 0 Å². The average molecular weight is 279 g/mol. The zero-order chi connectivity index (χ0) is 14.4. The molecule has 0 radical (unpaired) electrons. The third kappa shape index (κ3) is 4.03. The molecule has 1 aromatic carbocycles. The highest BCUT2D eigenvalue weighted by atomic mass is 16.5. The smallest absolute Gasteiger partial charge is 0.336 e. The van der Waals surface area contributed by atoms with E-state index in [1.165, 1.54) is 0 Å². The van der Waals surface area contributed by atoms with E-state index in [-0.39, 0.29) is 6.10 Å². The van der Waals surface area contributed by atoms with Crippen LogP contribution in [0.4, 0.5) is 0 Å². The van der Waals surface area contributed by atoms with Gasteiger partial charge in [-0.15, -0.1) is 0 Å². The number of ether oxygens (including phenoxy) is 2. The number of hydrogen-bond acceptors (Lipinski definition) is 4. The molecule has 1 unspecified atom stereocenters. The minimum Gasteiger partial charge on any atom is -0.478 e. The lowest BCUT2D eigenvalue weighted by molar-refractivity contribution is -0.0695. The van der Waals surface area contributed by atoms with Gasteiger partial charge in [-0.25, -0.2) is 4.79 Å². The average Bonchev–Trinajstić information content (AvgIpc) is 2.46. The van der Waals surface area contributed by atoms with Crippen LogP contribution < -0.4 is 0 Å². The first-order valence-corrected chi connectivity index (χ1v) is 6.93. The number of carboxylic acid groups (broad SMARTS) is 1. The molecule has 1 heterocycles. The van der Waals surface area contributed by atoms with Crippen LogP contribution in [0, 0.1) is 0 Å². The second kappa shape index (κ2) is 7.38. The van der Waals surface area contributed by atoms with Gasteiger partial charge < -0.3 is 14.6 Å². The standard InChI is InChI=1S/C15H21NO4/c1-2-19-11-13-10-16(7-8-20-13)9-12-5-3-4-6-14(12)15(17)18/h3-6,13H,2,7-11H2,1H3,(H,17,18). The summed E-state index contributed by atoms with van der Waals surface area (Å²) in [6.45, 7) is 6.12. The fourth-order valence-corrected chi connectivity index (χ4v) is 2.38. The number of nitrogens with zero attached hydrogens (tertiary/aromatic N) is 1. The minimum absolute atomic E-state index is 0.0701. The molecule has 1 saturated heterocycles. The van der Waals surface area contributed by atoms with E-state index in [1.807, 2.05) is 19.1 Å². The van der Waals surface area contributed by atoms with Crippen molar-refractivity contribution in [3.8, 4) is 0 Å². The van der Waals surface area contributed by atoms with Gasteiger partial charge in [-0.1, -0.05) is 18.2 Å². The maximum absolute atomic E-state index is 11.2. The largest absolute Gasteiger partial charge is 0.478 e. The highest BCUT2D eigenvalue weighted by Gasteiger charge is 2.21. The highest BCUT2D eigenvalue weighted by molar-refractivity contribution is 5.89. The van der Waals surface area contributed by atoms with E-state index in [9.17, 15) is 9.90 Å². The van der Waals surface area contributed by atoms with Crippen molar-refractivity contribution in [2.24, 2.45) is 0 Å². The van der Waals surface area contributed by atoms with E-state index in [4.69, 9.17) is 9.47 Å². The molecule has 1 fully saturated rings. The fourth-order valence-electron chi connectivity index (χ4n) is 2.38. The predicted octanol–water partition coefficient (Wildman–Crippen LogP) is 1.62. The lowest BCUT2D eigenvalue weighted by Gasteiger charge is -2.33. The third-order valence-corrected chi connectivity index (χ3v) is 3.37. The lowest BCUT2D eigenvalue weighted by Crippen LogP contribution is -2.44. The molecule has 5 heteroatoms. The molecule has 1 aliphatic rings. The normalized spacial score (nSPS) is 19.9. The molecule has 110 valence electrons. The van der Waals surface area contributed by atoms with E-state index in [0.717, 1.165) is 18.7 Å². The van der Waals surface area contributed by atoms with Gasteiger partial charge in [0.05, 0.1) is 24.9 Å². The summed E-state index contributed by atoms with van der Waals surface area (Å²) >= 11 is 0. The molecule has 1 atom stereocenters. The van der Waals surface area contributed by atoms with Crippen LogP contribution in [0.2, 0.25) is 0 Å². The Bertz CT molecular complexity index is 449. The topological polar surface area (TPSA) is 59.0 Å². The molecule has 1 aliphatic heterocycles. The van der Waals surface area contributed by atoms with E-state index in [0.29, 0.717) is 31.9 Å². The summed E-state index contributed by atoms with van der Waals surface area (Å²) in [5.41, 5.74) is 1.22. The summed E-state index contributed by atoms with van der Waals surface area (Å²) in [6, 6.07) is 7.15. The van der Waals surface area contributed by atoms with Gasteiger partial charge in [-0.3, -0.25) is 4.90 Å². The molecular weight excluding hydrogens is 258 g/mol. The minimum atomic E-state index is -0.875. The number of carboxylic acids is 1. The monoisotopic (exact) mass is 279 g/mol. The van der Waals surface area contributed by atoms with E-state index < -0.39 is 5.97 Å². The third-order valence-electron chi connectivity index (χ3n) is 3.37. The second-order valence-electron chi connectivity index (χ2n) is 4.85. The zero-order valence-corrected chi connectivity index (χ0v) is 11.7. The SMILES string of the molecule is CCOCC1CN(Cc2ccccc2C(=O)O)CCO1. The van der Waals surface area contributed by atoms with Crippen molar-refractivity contribution in [3.63, 3.8) is 0 Å². The Kier molecular flexibility index (Phi) is 5.52. The molecule has 0 saturated carbocycles. The van der Waals surface area contributed by atoms with E-state index >= 15 is 0 Å². The van der Waals surface area contributed by atoms with Crippen molar-refractivity contribution >= 4 is 5.97 Å². The van der Waals surface area contributed by atoms with Crippen molar-refractivity contribution in [2.75, 3.05) is 32.9 Å². The van der Waals surface area contributed by atoms with Crippen molar-refractivity contribution in [1.29, 1.82) is 0 Å². The predicted molar refractivity (Wildman–Crippen MR) is 74.9 cm³/mol. The van der Waals surface area contributed by atoms with Gasteiger partial charge in [-0.05, 0) is 18.6 Å². The Morgan fingerprint density at radius 3 is 3.05 bits per heavy atom. The molecule has 0 aromatic heterocycles. The summed E-state index contributed by atoms with van der Waals surface area (Å²) in [5.74, 6) is -0.875. The molecule has 1 aromatic rings. The van der Waals surface area contributed by atoms with Crippen LogP contribution in [0.1, 0.15) is 22.8 Å². The Hall–Kier alpha value is -1.43. The number of hydrogen-bond donors (Lipinski definition) is 1. The Morgan fingerprint density at radius 1 is 1.50 bits per heavy atom. The van der Waals surface area contributed by atoms with Crippen LogP contribution >= 0.6 is 0 Å². The zero-order valence-electron chi connectivity index (χ0n) is 11.7. The number of morpholine rings is 1. The molecule has 0 amide bonds. The van der Waals surface area contributed by atoms with Gasteiger partial charge in [0.2, 0.25) is 0 Å². The van der Waals surface area contributed by atoms with E-state index in [2.05, 4.69) is 4.90 Å². The molecular formula is C15H21NO4.